The average Bonchev–Trinajstić information content (AvgIpc) is 2.91. The van der Waals surface area contributed by atoms with Gasteiger partial charge in [-0.1, -0.05) is 0 Å². The Hall–Kier alpha value is 2.65. The van der Waals surface area contributed by atoms with E-state index in [1.165, 1.54) is 0 Å². The second-order valence-corrected chi connectivity index (χ2v) is 32.9. The molecule has 180 valence electrons. The van der Waals surface area contributed by atoms with Crippen LogP contribution in [0.15, 0.2) is 0 Å². The second kappa shape index (κ2) is 27.9. The van der Waals surface area contributed by atoms with Crippen molar-refractivity contribution < 1.29 is 61.7 Å². The van der Waals surface area contributed by atoms with Crippen molar-refractivity contribution in [3.05, 3.63) is 0 Å². The molecule has 15 nitrogen and oxygen atoms in total. The predicted octanol–water partition coefficient (Wildman–Crippen LogP) is -14.8. The Morgan fingerprint density at radius 1 is 0.133 bits per heavy atom. The first-order valence-electron chi connectivity index (χ1n) is 8.66. The van der Waals surface area contributed by atoms with Crippen molar-refractivity contribution in [2.45, 2.75) is 0 Å². The minimum atomic E-state index is -0.493. The number of hydrogen-bond donors (Lipinski definition) is 0. The molecule has 0 atom stereocenters. The SMILES string of the molecule is O1[SiH2]O[SiH2]O[SiH2]1.O1[SiH2]O[SiH2]O[SiH2]1.O1[SiH2]O[SiH2]O[SiH2]1.O1[SiH2]O[SiH2]O[SiH2]1.O1[SiH2]O[SiH2]O[SiH2]1. The lowest BCUT2D eigenvalue weighted by Crippen LogP contribution is -2.23. The fraction of sp³-hybridized carbons (Fsp3) is 0. The molecule has 30 heavy (non-hydrogen) atoms. The van der Waals surface area contributed by atoms with E-state index in [0.717, 1.165) is 0 Å². The molecule has 0 amide bonds. The van der Waals surface area contributed by atoms with Crippen LogP contribution in [0.1, 0.15) is 0 Å². The van der Waals surface area contributed by atoms with E-state index in [1.54, 1.807) is 0 Å². The van der Waals surface area contributed by atoms with Gasteiger partial charge in [-0.15, -0.1) is 0 Å². The summed E-state index contributed by atoms with van der Waals surface area (Å²) in [5.74, 6) is 0. The Bertz CT molecular complexity index is 177. The van der Waals surface area contributed by atoms with Gasteiger partial charge in [-0.05, 0) is 0 Å². The second-order valence-electron chi connectivity index (χ2n) is 4.83. The molecule has 0 bridgehead atoms. The van der Waals surface area contributed by atoms with E-state index in [1.807, 2.05) is 0 Å². The molecule has 0 aromatic rings. The summed E-state index contributed by atoms with van der Waals surface area (Å²) < 4.78 is 74.1. The van der Waals surface area contributed by atoms with Gasteiger partial charge in [0.05, 0.1) is 0 Å². The molecule has 0 aliphatic carbocycles. The zero-order valence-electron chi connectivity index (χ0n) is 16.7. The summed E-state index contributed by atoms with van der Waals surface area (Å²) in [6.45, 7) is 0. The number of rotatable bonds is 0. The highest BCUT2D eigenvalue weighted by Crippen LogP contribution is 1.81. The highest BCUT2D eigenvalue weighted by molar-refractivity contribution is 6.52. The first kappa shape index (κ1) is 30.7. The van der Waals surface area contributed by atoms with E-state index >= 15 is 0 Å². The Balaban J connectivity index is 0.000000187. The molecule has 0 spiro atoms. The van der Waals surface area contributed by atoms with Gasteiger partial charge < -0.3 is 61.7 Å². The maximum Gasteiger partial charge on any atom is 0.286 e. The Labute approximate surface area is 210 Å². The molecule has 30 heteroatoms. The molecule has 0 unspecified atom stereocenters. The molecular formula is H30O15Si15. The lowest BCUT2D eigenvalue weighted by Gasteiger charge is -2.10. The molecule has 5 rings (SSSR count). The summed E-state index contributed by atoms with van der Waals surface area (Å²) in [6, 6.07) is 0. The van der Waals surface area contributed by atoms with Crippen molar-refractivity contribution in [1.29, 1.82) is 0 Å². The van der Waals surface area contributed by atoms with Gasteiger partial charge in [-0.2, -0.15) is 0 Å². The normalized spacial score (nSPS) is 36.0. The summed E-state index contributed by atoms with van der Waals surface area (Å²) in [6.07, 6.45) is 0. The standard InChI is InChI=1S/5H6O3Si3/c5*1-4-2-6-3-5-1/h5*4-6H2. The van der Waals surface area contributed by atoms with Crippen molar-refractivity contribution in [2.24, 2.45) is 0 Å². The summed E-state index contributed by atoms with van der Waals surface area (Å²) in [7, 11) is -7.40. The van der Waals surface area contributed by atoms with E-state index in [4.69, 9.17) is 61.7 Å². The third kappa shape index (κ3) is 25.3. The van der Waals surface area contributed by atoms with E-state index < -0.39 is 150 Å². The molecule has 5 saturated heterocycles. The third-order valence-corrected chi connectivity index (χ3v) is 22.5. The Morgan fingerprint density at radius 3 is 0.233 bits per heavy atom. The highest BCUT2D eigenvalue weighted by Gasteiger charge is 1.99. The van der Waals surface area contributed by atoms with Gasteiger partial charge in [0.1, 0.15) is 0 Å². The van der Waals surface area contributed by atoms with E-state index in [2.05, 4.69) is 0 Å². The van der Waals surface area contributed by atoms with E-state index in [-0.39, 0.29) is 0 Å². The van der Waals surface area contributed by atoms with Crippen LogP contribution in [0.5, 0.6) is 0 Å². The monoisotopic (exact) mass is 690 g/mol. The first-order valence-corrected chi connectivity index (χ1v) is 26.0. The summed E-state index contributed by atoms with van der Waals surface area (Å²) in [5.41, 5.74) is 0. The molecule has 0 aromatic heterocycles. The maximum atomic E-state index is 4.94. The summed E-state index contributed by atoms with van der Waals surface area (Å²) in [5, 5.41) is 0. The van der Waals surface area contributed by atoms with Crippen molar-refractivity contribution in [3.8, 4) is 0 Å². The van der Waals surface area contributed by atoms with Gasteiger partial charge in [0.15, 0.2) is 0 Å². The Morgan fingerprint density at radius 2 is 0.200 bits per heavy atom. The molecule has 5 aliphatic heterocycles. The minimum absolute atomic E-state index is 0.493. The van der Waals surface area contributed by atoms with Crippen LogP contribution in [0.25, 0.3) is 0 Å². The van der Waals surface area contributed by atoms with Crippen molar-refractivity contribution in [1.82, 2.24) is 0 Å². The van der Waals surface area contributed by atoms with E-state index in [0.29, 0.717) is 0 Å². The summed E-state index contributed by atoms with van der Waals surface area (Å²) >= 11 is 0. The van der Waals surface area contributed by atoms with Crippen LogP contribution in [0.3, 0.4) is 0 Å². The van der Waals surface area contributed by atoms with Crippen molar-refractivity contribution in [3.63, 3.8) is 0 Å². The smallest absolute Gasteiger partial charge is 0.286 e. The highest BCUT2D eigenvalue weighted by atomic mass is 28.4. The predicted molar refractivity (Wildman–Crippen MR) is 144 cm³/mol. The van der Waals surface area contributed by atoms with E-state index in [9.17, 15) is 0 Å². The zero-order chi connectivity index (χ0) is 21.2. The van der Waals surface area contributed by atoms with Gasteiger partial charge in [0.2, 0.25) is 0 Å². The quantitative estimate of drug-likeness (QED) is 0.222. The molecule has 0 aromatic carbocycles. The van der Waals surface area contributed by atoms with Crippen LogP contribution in [-0.4, -0.2) is 150 Å². The molecular weight excluding hydrogens is 661 g/mol. The third-order valence-electron chi connectivity index (χ3n) is 2.50. The van der Waals surface area contributed by atoms with Gasteiger partial charge in [0, 0.05) is 0 Å². The fourth-order valence-corrected chi connectivity index (χ4v) is 28.5. The molecule has 5 fully saturated rings. The van der Waals surface area contributed by atoms with Crippen LogP contribution >= 0.6 is 0 Å². The zero-order valence-corrected chi connectivity index (χ0v) is 37.9. The van der Waals surface area contributed by atoms with Crippen LogP contribution in [-0.2, 0) is 61.7 Å². The van der Waals surface area contributed by atoms with Crippen LogP contribution in [0, 0.1) is 0 Å². The first-order chi connectivity index (χ1) is 15.0. The van der Waals surface area contributed by atoms with Crippen molar-refractivity contribution >= 4 is 150 Å². The summed E-state index contributed by atoms with van der Waals surface area (Å²) in [4.78, 5) is 0. The molecule has 5 heterocycles. The van der Waals surface area contributed by atoms with Gasteiger partial charge in [-0.3, -0.25) is 0 Å². The molecule has 5 aliphatic rings. The minimum Gasteiger partial charge on any atom is -0.425 e. The topological polar surface area (TPSA) is 138 Å². The molecule has 0 N–H and O–H groups in total. The van der Waals surface area contributed by atoms with Crippen LogP contribution < -0.4 is 0 Å². The lowest BCUT2D eigenvalue weighted by molar-refractivity contribution is 0.346. The van der Waals surface area contributed by atoms with Crippen molar-refractivity contribution in [2.75, 3.05) is 0 Å². The van der Waals surface area contributed by atoms with Crippen LogP contribution in [0.4, 0.5) is 0 Å². The Kier molecular flexibility index (Phi) is 28.5. The van der Waals surface area contributed by atoms with Gasteiger partial charge >= 0.3 is 0 Å². The molecule has 0 radical (unpaired) electrons. The van der Waals surface area contributed by atoms with Gasteiger partial charge in [-0.25, -0.2) is 0 Å². The van der Waals surface area contributed by atoms with Gasteiger partial charge in [0.25, 0.3) is 150 Å². The lowest BCUT2D eigenvalue weighted by atomic mass is 15.7. The number of hydrogen-bond acceptors (Lipinski definition) is 15. The average molecular weight is 692 g/mol. The maximum absolute atomic E-state index is 4.94. The van der Waals surface area contributed by atoms with Crippen LogP contribution in [0.2, 0.25) is 0 Å². The molecule has 0 saturated carbocycles. The fourth-order valence-electron chi connectivity index (χ4n) is 1.39. The largest absolute Gasteiger partial charge is 0.425 e.